The molecule has 0 amide bonds. The maximum Gasteiger partial charge on any atom is 0.513 e. The molecule has 3 aliphatic heterocycles. The molecule has 7 aromatic rings. The Hall–Kier alpha value is -7.43. The number of aromatic hydroxyl groups is 1. The summed E-state index contributed by atoms with van der Waals surface area (Å²) in [5, 5.41) is 54.0. The molecule has 4 aromatic heterocycles. The van der Waals surface area contributed by atoms with Crippen molar-refractivity contribution in [2.45, 2.75) is 148 Å². The van der Waals surface area contributed by atoms with Gasteiger partial charge in [0.15, 0.2) is 17.4 Å². The number of nitrogen functional groups attached to an aromatic ring is 2. The lowest BCUT2D eigenvalue weighted by atomic mass is 9.96. The molecule has 12 atom stereocenters. The number of aliphatic hydroxyl groups is 3. The fourth-order valence-electron chi connectivity index (χ4n) is 9.71. The molecule has 0 bridgehead atoms. The van der Waals surface area contributed by atoms with Crippen LogP contribution < -0.4 is 35.2 Å². The summed E-state index contributed by atoms with van der Waals surface area (Å²) in [5.41, 5.74) is 10.1. The molecule has 3 fully saturated rings. The van der Waals surface area contributed by atoms with Gasteiger partial charge in [-0.05, 0) is 104 Å². The number of hydrogen-bond donors (Lipinski definition) is 8. The average molecular weight is 1430 g/mol. The average Bonchev–Trinajstić information content (AvgIpc) is 1.57. The van der Waals surface area contributed by atoms with E-state index in [0.29, 0.717) is 22.5 Å². The molecule has 10 rings (SSSR count). The van der Waals surface area contributed by atoms with Gasteiger partial charge in [0, 0.05) is 0 Å². The largest absolute Gasteiger partial charge is 0.513 e. The number of phenolic OH excluding ortho intramolecular Hbond substituents is 1. The van der Waals surface area contributed by atoms with Crippen LogP contribution in [0.3, 0.4) is 0 Å². The normalized spacial score (nSPS) is 23.4. The lowest BCUT2D eigenvalue weighted by Gasteiger charge is -2.31. The number of ether oxygens (including phenoxy) is 6. The van der Waals surface area contributed by atoms with Crippen LogP contribution in [0.5, 0.6) is 23.0 Å². The number of esters is 2. The van der Waals surface area contributed by atoms with Gasteiger partial charge in [0.1, 0.15) is 108 Å². The zero-order valence-corrected chi connectivity index (χ0v) is 53.9. The van der Waals surface area contributed by atoms with Crippen molar-refractivity contribution >= 4 is 62.5 Å². The van der Waals surface area contributed by atoms with Gasteiger partial charge in [-0.15, -0.1) is 12.4 Å². The van der Waals surface area contributed by atoms with Gasteiger partial charge in [-0.3, -0.25) is 14.1 Å². The SMILES string of the molecule is C.C.CC(C)OC(=O)[C@H](C)N[P@](=O)(OC[C@@]1(CF)O[C@@H](c2ccc3c(N)ncnn23)[C@H](O)[C@@H]1O)Oc1ccccc1.CC(C)OC(=O)[C@H](C)N[P@](=O)(Oc1ccccc1)Oc1c(O)c(F)c(F)c(F)c1F.CC1(C)O[C@H]2[C@H](c3ccc4c(N)ncnn34)O[C@@](CO)(CF)[C@H]2O1.Cl. The van der Waals surface area contributed by atoms with Crippen LogP contribution in [-0.4, -0.2) is 154 Å². The van der Waals surface area contributed by atoms with Crippen LogP contribution in [0.4, 0.5) is 38.0 Å². The van der Waals surface area contributed by atoms with Crippen molar-refractivity contribution in [1.29, 1.82) is 0 Å². The van der Waals surface area contributed by atoms with Crippen molar-refractivity contribution in [2.75, 3.05) is 38.0 Å². The molecule has 3 aliphatic rings. The number of fused-ring (bicyclic) bond motifs is 3. The Balaban J connectivity index is 0.000000264. The smallest absolute Gasteiger partial charge is 0.502 e. The quantitative estimate of drug-likeness (QED) is 0.0103. The van der Waals surface area contributed by atoms with E-state index < -0.39 is 167 Å². The third-order valence-electron chi connectivity index (χ3n) is 14.1. The first-order valence-corrected chi connectivity index (χ1v) is 31.4. The van der Waals surface area contributed by atoms with Gasteiger partial charge in [0.25, 0.3) is 0 Å². The Bertz CT molecular complexity index is 3840. The van der Waals surface area contributed by atoms with E-state index in [-0.39, 0.29) is 50.3 Å². The predicted molar refractivity (Wildman–Crippen MR) is 335 cm³/mol. The second kappa shape index (κ2) is 32.3. The number of phenols is 1. The number of carbonyl (C=O) groups excluding carboxylic acids is 2. The topological polar surface area (TPSA) is 378 Å². The highest BCUT2D eigenvalue weighted by Gasteiger charge is 2.64. The number of para-hydroxylation sites is 2. The summed E-state index contributed by atoms with van der Waals surface area (Å²) in [5.74, 6) is -14.3. The van der Waals surface area contributed by atoms with Crippen molar-refractivity contribution in [3.8, 4) is 23.0 Å². The van der Waals surface area contributed by atoms with Gasteiger partial charge in [-0.2, -0.15) is 29.2 Å². The summed E-state index contributed by atoms with van der Waals surface area (Å²) < 4.78 is 167. The molecule has 0 saturated carbocycles. The van der Waals surface area contributed by atoms with E-state index >= 15 is 0 Å². The Labute approximate surface area is 553 Å². The van der Waals surface area contributed by atoms with E-state index in [0.717, 1.165) is 0 Å². The zero-order valence-electron chi connectivity index (χ0n) is 51.3. The predicted octanol–water partition coefficient (Wildman–Crippen LogP) is 8.69. The first-order chi connectivity index (χ1) is 43.8. The number of aliphatic hydroxyl groups excluding tert-OH is 3. The minimum Gasteiger partial charge on any atom is -0.502 e. The fraction of sp³-hybridized carbons (Fsp3) is 0.458. The molecule has 7 heterocycles. The Morgan fingerprint density at radius 2 is 1.09 bits per heavy atom. The molecular formula is C59H77ClF6N10O18P2. The van der Waals surface area contributed by atoms with Crippen molar-refractivity contribution in [1.82, 2.24) is 39.4 Å². The van der Waals surface area contributed by atoms with Crippen LogP contribution in [0.25, 0.3) is 11.0 Å². The van der Waals surface area contributed by atoms with Crippen LogP contribution in [-0.2, 0) is 51.7 Å². The number of nitrogens with two attached hydrogens (primary N) is 2. The second-order valence-electron chi connectivity index (χ2n) is 22.3. The summed E-state index contributed by atoms with van der Waals surface area (Å²) in [7, 11) is -9.24. The van der Waals surface area contributed by atoms with E-state index in [9.17, 15) is 65.5 Å². The first-order valence-electron chi connectivity index (χ1n) is 28.4. The van der Waals surface area contributed by atoms with Crippen molar-refractivity contribution in [3.63, 3.8) is 0 Å². The molecule has 3 aromatic carbocycles. The Morgan fingerprint density at radius 3 is 1.56 bits per heavy atom. The number of halogens is 7. The zero-order chi connectivity index (χ0) is 68.1. The fourth-order valence-corrected chi connectivity index (χ4v) is 12.8. The van der Waals surface area contributed by atoms with E-state index in [1.54, 1.807) is 94.6 Å². The van der Waals surface area contributed by atoms with Gasteiger partial charge < -0.3 is 73.9 Å². The molecule has 96 heavy (non-hydrogen) atoms. The maximum absolute atomic E-state index is 14.6. The van der Waals surface area contributed by atoms with Gasteiger partial charge in [-0.25, -0.2) is 45.7 Å². The number of nitrogens with zero attached hydrogens (tertiary/aromatic N) is 6. The van der Waals surface area contributed by atoms with Crippen molar-refractivity contribution < 1.29 is 112 Å². The first kappa shape index (κ1) is 79.3. The number of rotatable bonds is 22. The molecule has 0 unspecified atom stereocenters. The maximum atomic E-state index is 14.6. The van der Waals surface area contributed by atoms with Gasteiger partial charge in [0.05, 0.1) is 36.8 Å². The molecule has 0 radical (unpaired) electrons. The monoisotopic (exact) mass is 1420 g/mol. The van der Waals surface area contributed by atoms with Gasteiger partial charge >= 0.3 is 27.4 Å². The molecule has 3 saturated heterocycles. The lowest BCUT2D eigenvalue weighted by molar-refractivity contribution is -0.220. The molecule has 0 aliphatic carbocycles. The summed E-state index contributed by atoms with van der Waals surface area (Å²) in [6.45, 7) is 8.98. The third kappa shape index (κ3) is 17.3. The summed E-state index contributed by atoms with van der Waals surface area (Å²) >= 11 is 0. The molecule has 37 heteroatoms. The Morgan fingerprint density at radius 1 is 0.646 bits per heavy atom. The van der Waals surface area contributed by atoms with Crippen LogP contribution in [0, 0.1) is 23.3 Å². The summed E-state index contributed by atoms with van der Waals surface area (Å²) in [6.07, 6.45) is -5.04. The van der Waals surface area contributed by atoms with Gasteiger partial charge in [-0.1, -0.05) is 51.3 Å². The number of benzene rings is 3. The highest BCUT2D eigenvalue weighted by molar-refractivity contribution is 7.52. The van der Waals surface area contributed by atoms with Crippen LogP contribution in [0.2, 0.25) is 0 Å². The second-order valence-corrected chi connectivity index (χ2v) is 25.6. The highest BCUT2D eigenvalue weighted by atomic mass is 35.5. The van der Waals surface area contributed by atoms with E-state index in [2.05, 4.69) is 30.3 Å². The minimum absolute atomic E-state index is 0. The van der Waals surface area contributed by atoms with Crippen molar-refractivity contribution in [2.24, 2.45) is 0 Å². The summed E-state index contributed by atoms with van der Waals surface area (Å²) in [6, 6.07) is 19.3. The minimum atomic E-state index is -4.83. The molecule has 530 valence electrons. The van der Waals surface area contributed by atoms with Crippen molar-refractivity contribution in [3.05, 3.63) is 132 Å². The molecular weight excluding hydrogens is 1350 g/mol. The van der Waals surface area contributed by atoms with E-state index in [4.69, 9.17) is 58.0 Å². The van der Waals surface area contributed by atoms with E-state index in [1.165, 1.54) is 67.4 Å². The number of anilines is 2. The number of aromatic nitrogens is 6. The van der Waals surface area contributed by atoms with Crippen LogP contribution >= 0.6 is 27.9 Å². The number of nitrogens with one attached hydrogen (secondary N) is 2. The summed E-state index contributed by atoms with van der Waals surface area (Å²) in [4.78, 5) is 32.2. The van der Waals surface area contributed by atoms with Crippen LogP contribution in [0.15, 0.2) is 97.6 Å². The molecule has 10 N–H and O–H groups in total. The third-order valence-corrected chi connectivity index (χ3v) is 17.3. The molecule has 28 nitrogen and oxygen atoms in total. The van der Waals surface area contributed by atoms with E-state index in [1.807, 2.05) is 0 Å². The lowest BCUT2D eigenvalue weighted by Crippen LogP contribution is -2.49. The van der Waals surface area contributed by atoms with Crippen LogP contribution in [0.1, 0.15) is 93.8 Å². The number of carbonyl (C=O) groups is 2. The van der Waals surface area contributed by atoms with Gasteiger partial charge in [0.2, 0.25) is 34.8 Å². The highest BCUT2D eigenvalue weighted by Crippen LogP contribution is 2.53. The number of hydrogen-bond acceptors (Lipinski definition) is 24. The standard InChI is InChI=1S/C24H31FN5O8P.C18H18F4NO6P.C15H19FN4O4.2CH4.ClH/c1-14(2)36-23(33)15(3)29-39(34,38-16-7-5-4-6-8-16)35-12-24(11-25)21(32)19(31)20(37-24)17-9-10-18-22(26)27-13-28-30(17)18;1-9(2)27-18(25)10(3)23-30(26,28-11-7-5-4-6-8-11)29-17-15(22)13(20)12(19)14(21)16(17)24;1-14(2)22-11-10(23-15(5-16,6-21)12(11)24-14)8-3-4-9-13(17)18-7-19-20(8)9;;;/h4-10,13-15,19-21,31-32H,11-12H2,1-3H3,(H,29,34)(H2,26,27,28);4-10,24H,1-3H3,(H,23,26);3-4,7,10-12,21H,5-6H2,1-2H3,(H2,17,18,19);2*1H4;1H/t15-,19-,20-,21-,24+,39-;10-,30-;10-,11-,12-,15+;;;/m000.../s1. The Kier molecular flexibility index (Phi) is 26.7. The number of alkyl halides is 2. The molecule has 0 spiro atoms.